The minimum Gasteiger partial charge on any atom is -0.330 e. The molecule has 2 heterocycles. The van der Waals surface area contributed by atoms with Crippen molar-refractivity contribution in [2.24, 2.45) is 0 Å². The van der Waals surface area contributed by atoms with Crippen molar-refractivity contribution in [3.8, 4) is 0 Å². The summed E-state index contributed by atoms with van der Waals surface area (Å²) in [6.45, 7) is 2.02. The number of anilines is 3. The van der Waals surface area contributed by atoms with Crippen LogP contribution in [0.5, 0.6) is 0 Å². The van der Waals surface area contributed by atoms with E-state index >= 15 is 0 Å². The molecule has 2 aromatic heterocycles. The number of tetrazole rings is 1. The monoisotopic (exact) mass is 348 g/mol. The number of carbonyl (C=O) groups is 1. The highest BCUT2D eigenvalue weighted by Crippen LogP contribution is 2.27. The molecule has 0 radical (unpaired) electrons. The number of nitrogens with one attached hydrogen (secondary N) is 3. The Morgan fingerprint density at radius 3 is 3.04 bits per heavy atom. The van der Waals surface area contributed by atoms with Gasteiger partial charge in [0.25, 0.3) is 5.95 Å². The van der Waals surface area contributed by atoms with Gasteiger partial charge < -0.3 is 5.32 Å². The quantitative estimate of drug-likeness (QED) is 0.577. The topological polar surface area (TPSA) is 121 Å². The fourth-order valence-corrected chi connectivity index (χ4v) is 3.24. The Bertz CT molecular complexity index is 788. The fourth-order valence-electron chi connectivity index (χ4n) is 1.67. The first kappa shape index (κ1) is 15.4. The van der Waals surface area contributed by atoms with Gasteiger partial charge in [-0.25, -0.2) is 0 Å². The molecule has 0 saturated carbocycles. The summed E-state index contributed by atoms with van der Waals surface area (Å²) in [5.74, 6) is 0.0997. The van der Waals surface area contributed by atoms with Crippen LogP contribution in [0.3, 0.4) is 0 Å². The molecular weight excluding hydrogens is 336 g/mol. The smallest absolute Gasteiger partial charge is 0.269 e. The Balaban J connectivity index is 1.52. The summed E-state index contributed by atoms with van der Waals surface area (Å²) in [6, 6.07) is 7.97. The van der Waals surface area contributed by atoms with Crippen LogP contribution in [0, 0.1) is 6.92 Å². The van der Waals surface area contributed by atoms with Crippen LogP contribution in [0.4, 0.5) is 16.8 Å². The lowest BCUT2D eigenvalue weighted by Gasteiger charge is -2.01. The highest BCUT2D eigenvalue weighted by molar-refractivity contribution is 8.01. The first-order chi connectivity index (χ1) is 11.2. The van der Waals surface area contributed by atoms with Gasteiger partial charge in [-0.2, -0.15) is 5.21 Å². The van der Waals surface area contributed by atoms with Crippen LogP contribution in [0.15, 0.2) is 28.6 Å². The lowest BCUT2D eigenvalue weighted by Crippen LogP contribution is -2.15. The zero-order chi connectivity index (χ0) is 16.1. The van der Waals surface area contributed by atoms with Crippen molar-refractivity contribution in [2.45, 2.75) is 11.3 Å². The van der Waals surface area contributed by atoms with Gasteiger partial charge in [0, 0.05) is 5.69 Å². The van der Waals surface area contributed by atoms with Crippen LogP contribution in [-0.2, 0) is 4.79 Å². The van der Waals surface area contributed by atoms with E-state index < -0.39 is 0 Å². The molecule has 0 fully saturated rings. The molecule has 23 heavy (non-hydrogen) atoms. The summed E-state index contributed by atoms with van der Waals surface area (Å²) < 4.78 is 0.698. The van der Waals surface area contributed by atoms with Crippen LogP contribution in [0.25, 0.3) is 0 Å². The van der Waals surface area contributed by atoms with Crippen LogP contribution in [0.2, 0.25) is 0 Å². The number of hydrogen-bond donors (Lipinski definition) is 3. The summed E-state index contributed by atoms with van der Waals surface area (Å²) in [5, 5.41) is 27.4. The first-order valence-corrected chi connectivity index (χ1v) is 8.32. The van der Waals surface area contributed by atoms with Gasteiger partial charge in [0.1, 0.15) is 0 Å². The van der Waals surface area contributed by atoms with E-state index in [0.717, 1.165) is 11.3 Å². The molecule has 118 valence electrons. The summed E-state index contributed by atoms with van der Waals surface area (Å²) in [7, 11) is 0. The molecule has 0 aliphatic rings. The Hall–Kier alpha value is -2.53. The minimum absolute atomic E-state index is 0.148. The number of hydrogen-bond acceptors (Lipinski definition) is 9. The number of rotatable bonds is 6. The summed E-state index contributed by atoms with van der Waals surface area (Å²) in [4.78, 5) is 11.7. The molecule has 1 amide bonds. The normalized spacial score (nSPS) is 10.5. The molecule has 3 N–H and O–H groups in total. The Morgan fingerprint density at radius 1 is 1.35 bits per heavy atom. The number of H-pyrrole nitrogens is 1. The van der Waals surface area contributed by atoms with E-state index in [9.17, 15) is 4.79 Å². The third kappa shape index (κ3) is 4.47. The molecule has 0 unspecified atom stereocenters. The number of thioether (sulfide) groups is 1. The van der Waals surface area contributed by atoms with Crippen LogP contribution >= 0.6 is 23.1 Å². The van der Waals surface area contributed by atoms with Gasteiger partial charge in [-0.3, -0.25) is 10.1 Å². The number of carbonyl (C=O) groups excluding carboxylic acids is 1. The van der Waals surface area contributed by atoms with Crippen LogP contribution in [-0.4, -0.2) is 42.5 Å². The van der Waals surface area contributed by atoms with Crippen molar-refractivity contribution < 1.29 is 4.79 Å². The highest BCUT2D eigenvalue weighted by Gasteiger charge is 2.10. The maximum absolute atomic E-state index is 11.7. The lowest BCUT2D eigenvalue weighted by molar-refractivity contribution is -0.113. The summed E-state index contributed by atoms with van der Waals surface area (Å²) >= 11 is 2.68. The SMILES string of the molecule is Cc1cccc(Nc2nnc(SCC(=O)Nc3nn[nH]n3)s2)c1. The average molecular weight is 348 g/mol. The minimum atomic E-state index is -0.236. The summed E-state index contributed by atoms with van der Waals surface area (Å²) in [6.07, 6.45) is 0. The molecule has 0 aliphatic heterocycles. The predicted molar refractivity (Wildman–Crippen MR) is 87.9 cm³/mol. The maximum Gasteiger partial charge on any atom is 0.269 e. The molecular formula is C12H12N8OS2. The van der Waals surface area contributed by atoms with Gasteiger partial charge in [0.05, 0.1) is 5.75 Å². The van der Waals surface area contributed by atoms with Crippen molar-refractivity contribution in [2.75, 3.05) is 16.4 Å². The van der Waals surface area contributed by atoms with E-state index in [0.29, 0.717) is 9.47 Å². The largest absolute Gasteiger partial charge is 0.330 e. The van der Waals surface area contributed by atoms with Gasteiger partial charge in [0.15, 0.2) is 4.34 Å². The predicted octanol–water partition coefficient (Wildman–Crippen LogP) is 1.83. The van der Waals surface area contributed by atoms with Crippen molar-refractivity contribution >= 4 is 45.8 Å². The number of aromatic amines is 1. The second kappa shape index (κ2) is 7.15. The zero-order valence-corrected chi connectivity index (χ0v) is 13.6. The van der Waals surface area contributed by atoms with Gasteiger partial charge in [-0.05, 0) is 29.8 Å². The van der Waals surface area contributed by atoms with E-state index in [1.54, 1.807) is 0 Å². The molecule has 0 aliphatic carbocycles. The summed E-state index contributed by atoms with van der Waals surface area (Å²) in [5.41, 5.74) is 2.11. The van der Waals surface area contributed by atoms with Crippen molar-refractivity contribution in [3.63, 3.8) is 0 Å². The van der Waals surface area contributed by atoms with E-state index in [1.165, 1.54) is 23.1 Å². The maximum atomic E-state index is 11.7. The number of nitrogens with zero attached hydrogens (tertiary/aromatic N) is 5. The first-order valence-electron chi connectivity index (χ1n) is 6.52. The number of aryl methyl sites for hydroxylation is 1. The second-order valence-corrected chi connectivity index (χ2v) is 6.64. The van der Waals surface area contributed by atoms with Crippen molar-refractivity contribution in [1.29, 1.82) is 0 Å². The standard InChI is InChI=1S/C12H12N8OS2/c1-7-3-2-4-8(5-7)13-11-17-18-12(23-11)22-6-9(21)14-10-15-19-20-16-10/h2-5H,6H2,1H3,(H,13,17)(H2,14,15,16,19,20,21). The van der Waals surface area contributed by atoms with E-state index in [2.05, 4.69) is 41.5 Å². The second-order valence-electron chi connectivity index (χ2n) is 4.44. The number of aromatic nitrogens is 6. The zero-order valence-electron chi connectivity index (χ0n) is 12.0. The molecule has 0 bridgehead atoms. The Kier molecular flexibility index (Phi) is 4.78. The fraction of sp³-hybridized carbons (Fsp3) is 0.167. The highest BCUT2D eigenvalue weighted by atomic mass is 32.2. The number of benzene rings is 1. The molecule has 0 saturated heterocycles. The van der Waals surface area contributed by atoms with Crippen molar-refractivity contribution in [1.82, 2.24) is 30.8 Å². The average Bonchev–Trinajstić information content (AvgIpc) is 3.17. The van der Waals surface area contributed by atoms with E-state index in [-0.39, 0.29) is 17.6 Å². The molecule has 0 spiro atoms. The number of amides is 1. The Labute approximate surface area is 139 Å². The molecule has 0 atom stereocenters. The Morgan fingerprint density at radius 2 is 2.26 bits per heavy atom. The van der Waals surface area contributed by atoms with Gasteiger partial charge in [-0.15, -0.1) is 15.3 Å². The van der Waals surface area contributed by atoms with Crippen molar-refractivity contribution in [3.05, 3.63) is 29.8 Å². The third-order valence-electron chi connectivity index (χ3n) is 2.60. The van der Waals surface area contributed by atoms with Crippen LogP contribution in [0.1, 0.15) is 5.56 Å². The molecule has 11 heteroatoms. The lowest BCUT2D eigenvalue weighted by atomic mass is 10.2. The van der Waals surface area contributed by atoms with E-state index in [4.69, 9.17) is 0 Å². The van der Waals surface area contributed by atoms with Gasteiger partial charge >= 0.3 is 0 Å². The van der Waals surface area contributed by atoms with E-state index in [1.807, 2.05) is 31.2 Å². The molecule has 3 aromatic rings. The third-order valence-corrected chi connectivity index (χ3v) is 4.57. The van der Waals surface area contributed by atoms with Crippen LogP contribution < -0.4 is 10.6 Å². The molecule has 3 rings (SSSR count). The molecule has 1 aromatic carbocycles. The van der Waals surface area contributed by atoms with Gasteiger partial charge in [-0.1, -0.05) is 40.3 Å². The van der Waals surface area contributed by atoms with Gasteiger partial charge in [0.2, 0.25) is 11.0 Å². The molecule has 9 nitrogen and oxygen atoms in total.